The highest BCUT2D eigenvalue weighted by atomic mass is 16.2. The van der Waals surface area contributed by atoms with Gasteiger partial charge in [-0.25, -0.2) is 0 Å². The maximum absolute atomic E-state index is 11.4. The smallest absolute Gasteiger partial charge is 0.222 e. The summed E-state index contributed by atoms with van der Waals surface area (Å²) >= 11 is 0. The van der Waals surface area contributed by atoms with Gasteiger partial charge in [-0.1, -0.05) is 0 Å². The van der Waals surface area contributed by atoms with Crippen LogP contribution in [0.1, 0.15) is 24.1 Å². The van der Waals surface area contributed by atoms with Gasteiger partial charge in [-0.05, 0) is 13.3 Å². The Morgan fingerprint density at radius 3 is 2.83 bits per heavy atom. The monoisotopic (exact) mass is 247 g/mol. The highest BCUT2D eigenvalue weighted by Gasteiger charge is 2.24. The van der Waals surface area contributed by atoms with Crippen LogP contribution in [-0.4, -0.2) is 40.2 Å². The minimum absolute atomic E-state index is 0.176. The number of aromatic nitrogens is 2. The van der Waals surface area contributed by atoms with E-state index in [4.69, 9.17) is 5.26 Å². The van der Waals surface area contributed by atoms with Crippen molar-refractivity contribution in [3.63, 3.8) is 0 Å². The van der Waals surface area contributed by atoms with Crippen molar-refractivity contribution in [1.82, 2.24) is 14.7 Å². The zero-order valence-electron chi connectivity index (χ0n) is 10.9. The predicted molar refractivity (Wildman–Crippen MR) is 66.9 cm³/mol. The first-order chi connectivity index (χ1) is 8.52. The average molecular weight is 247 g/mol. The molecule has 1 atom stereocenters. The Kier molecular flexibility index (Phi) is 3.24. The van der Waals surface area contributed by atoms with E-state index in [1.165, 1.54) is 0 Å². The zero-order valence-corrected chi connectivity index (χ0v) is 10.9. The molecular weight excluding hydrogens is 230 g/mol. The van der Waals surface area contributed by atoms with E-state index in [9.17, 15) is 4.79 Å². The van der Waals surface area contributed by atoms with Crippen LogP contribution in [0.4, 0.5) is 5.82 Å². The molecule has 1 unspecified atom stereocenters. The first kappa shape index (κ1) is 12.4. The number of hydrogen-bond acceptors (Lipinski definition) is 4. The van der Waals surface area contributed by atoms with Gasteiger partial charge in [0.2, 0.25) is 5.91 Å². The molecule has 1 fully saturated rings. The molecule has 1 aliphatic rings. The van der Waals surface area contributed by atoms with Gasteiger partial charge in [-0.3, -0.25) is 9.48 Å². The number of rotatable bonds is 2. The normalized spacial score (nSPS) is 19.8. The molecule has 0 spiro atoms. The number of piperidine rings is 1. The third kappa shape index (κ3) is 2.16. The van der Waals surface area contributed by atoms with Gasteiger partial charge in [0.1, 0.15) is 17.5 Å². The number of likely N-dealkylation sites (tertiary alicyclic amines) is 1. The lowest BCUT2D eigenvalue weighted by molar-refractivity contribution is -0.132. The van der Waals surface area contributed by atoms with Gasteiger partial charge in [-0.15, -0.1) is 0 Å². The molecule has 1 aromatic rings. The van der Waals surface area contributed by atoms with E-state index in [2.05, 4.69) is 16.5 Å². The van der Waals surface area contributed by atoms with Crippen molar-refractivity contribution in [3.8, 4) is 6.07 Å². The number of carbonyl (C=O) groups excluding carboxylic acids is 1. The van der Waals surface area contributed by atoms with E-state index in [-0.39, 0.29) is 11.9 Å². The van der Waals surface area contributed by atoms with E-state index < -0.39 is 0 Å². The van der Waals surface area contributed by atoms with Gasteiger partial charge in [0, 0.05) is 33.1 Å². The second-order valence-corrected chi connectivity index (χ2v) is 4.70. The molecule has 1 aliphatic heterocycles. The van der Waals surface area contributed by atoms with Crippen LogP contribution in [0.25, 0.3) is 0 Å². The summed E-state index contributed by atoms with van der Waals surface area (Å²) in [7, 11) is 3.61. The molecule has 1 N–H and O–H groups in total. The molecule has 6 nitrogen and oxygen atoms in total. The third-order valence-electron chi connectivity index (χ3n) is 3.30. The van der Waals surface area contributed by atoms with Crippen molar-refractivity contribution in [1.29, 1.82) is 5.26 Å². The number of nitriles is 1. The first-order valence-corrected chi connectivity index (χ1v) is 5.97. The number of nitrogens with one attached hydrogen (secondary N) is 1. The highest BCUT2D eigenvalue weighted by Crippen LogP contribution is 2.21. The Labute approximate surface area is 106 Å². The van der Waals surface area contributed by atoms with Gasteiger partial charge < -0.3 is 10.2 Å². The quantitative estimate of drug-likeness (QED) is 0.832. The maximum atomic E-state index is 11.4. The second-order valence-electron chi connectivity index (χ2n) is 4.70. The lowest BCUT2D eigenvalue weighted by Gasteiger charge is -2.30. The molecule has 0 aliphatic carbocycles. The minimum atomic E-state index is 0.176. The Hall–Kier alpha value is -2.03. The number of amides is 1. The fraction of sp³-hybridized carbons (Fsp3) is 0.583. The number of hydrogen-bond donors (Lipinski definition) is 1. The van der Waals surface area contributed by atoms with E-state index in [0.29, 0.717) is 18.5 Å². The predicted octanol–water partition coefficient (Wildman–Crippen LogP) is 0.633. The molecule has 0 aromatic carbocycles. The van der Waals surface area contributed by atoms with E-state index in [1.807, 2.05) is 14.0 Å². The molecule has 0 bridgehead atoms. The molecule has 96 valence electrons. The summed E-state index contributed by atoms with van der Waals surface area (Å²) in [4.78, 5) is 13.1. The number of carbonyl (C=O) groups is 1. The standard InChI is InChI=1S/C12H17N5O/c1-8-10(6-13)12(17(3)15-8)14-9-4-5-11(18)16(2)7-9/h9,14H,4-5,7H2,1-3H3. The van der Waals surface area contributed by atoms with Crippen molar-refractivity contribution in [2.24, 2.45) is 7.05 Å². The van der Waals surface area contributed by atoms with Crippen LogP contribution in [-0.2, 0) is 11.8 Å². The molecule has 2 rings (SSSR count). The van der Waals surface area contributed by atoms with Crippen molar-refractivity contribution >= 4 is 11.7 Å². The summed E-state index contributed by atoms with van der Waals surface area (Å²) in [5.41, 5.74) is 1.31. The van der Waals surface area contributed by atoms with Crippen LogP contribution in [0.15, 0.2) is 0 Å². The molecule has 1 amide bonds. The third-order valence-corrected chi connectivity index (χ3v) is 3.30. The van der Waals surface area contributed by atoms with Crippen molar-refractivity contribution in [2.75, 3.05) is 18.9 Å². The number of likely N-dealkylation sites (N-methyl/N-ethyl adjacent to an activating group) is 1. The number of anilines is 1. The van der Waals surface area contributed by atoms with Gasteiger partial charge in [0.05, 0.1) is 5.69 Å². The molecule has 1 aromatic heterocycles. The molecule has 0 radical (unpaired) electrons. The fourth-order valence-corrected chi connectivity index (χ4v) is 2.28. The zero-order chi connectivity index (χ0) is 13.3. The highest BCUT2D eigenvalue weighted by molar-refractivity contribution is 5.77. The molecular formula is C12H17N5O. The summed E-state index contributed by atoms with van der Waals surface area (Å²) in [6.45, 7) is 2.48. The summed E-state index contributed by atoms with van der Waals surface area (Å²) in [5, 5.41) is 16.7. The van der Waals surface area contributed by atoms with Crippen molar-refractivity contribution < 1.29 is 4.79 Å². The Balaban J connectivity index is 2.15. The first-order valence-electron chi connectivity index (χ1n) is 5.97. The lowest BCUT2D eigenvalue weighted by Crippen LogP contribution is -2.43. The van der Waals surface area contributed by atoms with Crippen LogP contribution >= 0.6 is 0 Å². The minimum Gasteiger partial charge on any atom is -0.365 e. The summed E-state index contributed by atoms with van der Waals surface area (Å²) < 4.78 is 1.68. The second kappa shape index (κ2) is 4.69. The van der Waals surface area contributed by atoms with Gasteiger partial charge in [0.15, 0.2) is 0 Å². The molecule has 1 saturated heterocycles. The average Bonchev–Trinajstić information content (AvgIpc) is 2.58. The fourth-order valence-electron chi connectivity index (χ4n) is 2.28. The van der Waals surface area contributed by atoms with E-state index >= 15 is 0 Å². The van der Waals surface area contributed by atoms with Gasteiger partial charge in [-0.2, -0.15) is 10.4 Å². The molecule has 2 heterocycles. The largest absolute Gasteiger partial charge is 0.365 e. The Morgan fingerprint density at radius 2 is 2.22 bits per heavy atom. The Bertz CT molecular complexity index is 513. The lowest BCUT2D eigenvalue weighted by atomic mass is 10.1. The van der Waals surface area contributed by atoms with Gasteiger partial charge in [0.25, 0.3) is 0 Å². The van der Waals surface area contributed by atoms with E-state index in [1.54, 1.807) is 16.6 Å². The summed E-state index contributed by atoms with van der Waals surface area (Å²) in [6, 6.07) is 2.34. The number of aryl methyl sites for hydroxylation is 2. The van der Waals surface area contributed by atoms with Crippen LogP contribution in [0.5, 0.6) is 0 Å². The number of nitrogens with zero attached hydrogens (tertiary/aromatic N) is 4. The molecule has 0 saturated carbocycles. The van der Waals surface area contributed by atoms with Crippen LogP contribution in [0.2, 0.25) is 0 Å². The SMILES string of the molecule is Cc1nn(C)c(NC2CCC(=O)N(C)C2)c1C#N. The van der Waals surface area contributed by atoms with E-state index in [0.717, 1.165) is 17.9 Å². The van der Waals surface area contributed by atoms with Crippen LogP contribution in [0.3, 0.4) is 0 Å². The van der Waals surface area contributed by atoms with Gasteiger partial charge >= 0.3 is 0 Å². The van der Waals surface area contributed by atoms with Crippen LogP contribution in [0, 0.1) is 18.3 Å². The summed E-state index contributed by atoms with van der Waals surface area (Å²) in [5.74, 6) is 0.914. The topological polar surface area (TPSA) is 74.0 Å². The molecule has 6 heteroatoms. The Morgan fingerprint density at radius 1 is 1.50 bits per heavy atom. The van der Waals surface area contributed by atoms with Crippen LogP contribution < -0.4 is 5.32 Å². The molecule has 18 heavy (non-hydrogen) atoms. The van der Waals surface area contributed by atoms with Crippen molar-refractivity contribution in [2.45, 2.75) is 25.8 Å². The van der Waals surface area contributed by atoms with Crippen molar-refractivity contribution in [3.05, 3.63) is 11.3 Å². The maximum Gasteiger partial charge on any atom is 0.222 e. The summed E-state index contributed by atoms with van der Waals surface area (Å²) in [6.07, 6.45) is 1.34.